The molecule has 2 rings (SSSR count). The lowest BCUT2D eigenvalue weighted by molar-refractivity contribution is -0.121. The van der Waals surface area contributed by atoms with Crippen LogP contribution in [0.4, 0.5) is 0 Å². The number of carbonyl (C=O) groups is 1. The number of amides is 1. The van der Waals surface area contributed by atoms with E-state index in [2.05, 4.69) is 5.32 Å². The minimum atomic E-state index is 0.123. The number of benzene rings is 1. The fraction of sp³-hybridized carbons (Fsp3) is 0.533. The van der Waals surface area contributed by atoms with Crippen molar-refractivity contribution in [1.82, 2.24) is 5.32 Å². The van der Waals surface area contributed by atoms with Gasteiger partial charge in [0.15, 0.2) is 0 Å². The summed E-state index contributed by atoms with van der Waals surface area (Å²) in [6, 6.07) is 5.43. The van der Waals surface area contributed by atoms with Crippen LogP contribution < -0.4 is 5.32 Å². The molecule has 0 aromatic heterocycles. The summed E-state index contributed by atoms with van der Waals surface area (Å²) in [5, 5.41) is 4.00. The van der Waals surface area contributed by atoms with E-state index in [4.69, 9.17) is 23.2 Å². The first kappa shape index (κ1) is 14.7. The van der Waals surface area contributed by atoms with Crippen molar-refractivity contribution < 1.29 is 4.79 Å². The van der Waals surface area contributed by atoms with E-state index in [1.165, 1.54) is 25.7 Å². The number of carbonyl (C=O) groups excluding carboxylic acids is 1. The van der Waals surface area contributed by atoms with E-state index in [-0.39, 0.29) is 5.91 Å². The van der Waals surface area contributed by atoms with Crippen molar-refractivity contribution in [2.24, 2.45) is 5.92 Å². The average molecular weight is 300 g/mol. The molecule has 19 heavy (non-hydrogen) atoms. The molecule has 0 unspecified atom stereocenters. The summed E-state index contributed by atoms with van der Waals surface area (Å²) < 4.78 is 0. The maximum atomic E-state index is 11.8. The molecule has 0 aliphatic heterocycles. The van der Waals surface area contributed by atoms with Crippen LogP contribution in [0.25, 0.3) is 0 Å². The maximum Gasteiger partial charge on any atom is 0.220 e. The van der Waals surface area contributed by atoms with Crippen molar-refractivity contribution in [2.75, 3.05) is 0 Å². The van der Waals surface area contributed by atoms with Gasteiger partial charge in [-0.25, -0.2) is 0 Å². The largest absolute Gasteiger partial charge is 0.352 e. The highest BCUT2D eigenvalue weighted by Crippen LogP contribution is 2.28. The molecule has 1 amide bonds. The summed E-state index contributed by atoms with van der Waals surface area (Å²) in [4.78, 5) is 11.8. The third kappa shape index (κ3) is 4.70. The first-order valence-corrected chi connectivity index (χ1v) is 7.61. The van der Waals surface area contributed by atoms with Crippen molar-refractivity contribution in [3.05, 3.63) is 33.8 Å². The van der Waals surface area contributed by atoms with Crippen LogP contribution in [0.15, 0.2) is 18.2 Å². The molecule has 0 saturated heterocycles. The number of rotatable bonds is 5. The quantitative estimate of drug-likeness (QED) is 0.847. The fourth-order valence-electron chi connectivity index (χ4n) is 2.57. The zero-order chi connectivity index (χ0) is 13.7. The zero-order valence-corrected chi connectivity index (χ0v) is 12.4. The normalized spacial score (nSPS) is 15.7. The van der Waals surface area contributed by atoms with Gasteiger partial charge >= 0.3 is 0 Å². The lowest BCUT2D eigenvalue weighted by atomic mass is 10.0. The van der Waals surface area contributed by atoms with Gasteiger partial charge in [-0.2, -0.15) is 0 Å². The molecule has 1 N–H and O–H groups in total. The Labute approximate surface area is 124 Å². The first-order chi connectivity index (χ1) is 9.15. The highest BCUT2D eigenvalue weighted by molar-refractivity contribution is 6.42. The SMILES string of the molecule is O=C(CCC1CCCC1)NCc1ccc(Cl)c(Cl)c1. The molecule has 1 fully saturated rings. The van der Waals surface area contributed by atoms with Gasteiger partial charge in [0.25, 0.3) is 0 Å². The predicted octanol–water partition coefficient (Wildman–Crippen LogP) is 4.58. The van der Waals surface area contributed by atoms with Gasteiger partial charge in [0.1, 0.15) is 0 Å². The molecule has 0 heterocycles. The van der Waals surface area contributed by atoms with Crippen molar-refractivity contribution in [3.8, 4) is 0 Å². The van der Waals surface area contributed by atoms with Crippen LogP contribution in [0, 0.1) is 5.92 Å². The Morgan fingerprint density at radius 3 is 2.63 bits per heavy atom. The van der Waals surface area contributed by atoms with Gasteiger partial charge in [-0.1, -0.05) is 55.0 Å². The molecule has 1 aromatic rings. The van der Waals surface area contributed by atoms with E-state index >= 15 is 0 Å². The number of halogens is 2. The van der Waals surface area contributed by atoms with Crippen molar-refractivity contribution in [2.45, 2.75) is 45.1 Å². The van der Waals surface area contributed by atoms with Gasteiger partial charge in [0.2, 0.25) is 5.91 Å². The smallest absolute Gasteiger partial charge is 0.220 e. The van der Waals surface area contributed by atoms with Crippen LogP contribution in [0.1, 0.15) is 44.1 Å². The lowest BCUT2D eigenvalue weighted by Gasteiger charge is -2.09. The molecule has 1 aromatic carbocycles. The minimum absolute atomic E-state index is 0.123. The monoisotopic (exact) mass is 299 g/mol. The van der Waals surface area contributed by atoms with Crippen LogP contribution in [-0.4, -0.2) is 5.91 Å². The van der Waals surface area contributed by atoms with Gasteiger partial charge in [0, 0.05) is 13.0 Å². The molecule has 1 saturated carbocycles. The lowest BCUT2D eigenvalue weighted by Crippen LogP contribution is -2.23. The molecule has 0 radical (unpaired) electrons. The second-order valence-electron chi connectivity index (χ2n) is 5.21. The number of hydrogen-bond acceptors (Lipinski definition) is 1. The Kier molecular flexibility index (Phi) is 5.53. The van der Waals surface area contributed by atoms with Crippen LogP contribution in [0.5, 0.6) is 0 Å². The molecule has 0 atom stereocenters. The highest BCUT2D eigenvalue weighted by atomic mass is 35.5. The Morgan fingerprint density at radius 2 is 1.95 bits per heavy atom. The molecule has 104 valence electrons. The minimum Gasteiger partial charge on any atom is -0.352 e. The van der Waals surface area contributed by atoms with Crippen LogP contribution in [0.2, 0.25) is 10.0 Å². The summed E-state index contributed by atoms with van der Waals surface area (Å²) in [6.45, 7) is 0.514. The summed E-state index contributed by atoms with van der Waals surface area (Å²) in [5.41, 5.74) is 0.976. The molecule has 1 aliphatic carbocycles. The summed E-state index contributed by atoms with van der Waals surface area (Å²) >= 11 is 11.8. The van der Waals surface area contributed by atoms with Gasteiger partial charge in [-0.3, -0.25) is 4.79 Å². The summed E-state index contributed by atoms with van der Waals surface area (Å²) in [6.07, 6.45) is 6.89. The zero-order valence-electron chi connectivity index (χ0n) is 10.9. The predicted molar refractivity (Wildman–Crippen MR) is 79.5 cm³/mol. The van der Waals surface area contributed by atoms with Crippen LogP contribution in [-0.2, 0) is 11.3 Å². The van der Waals surface area contributed by atoms with Crippen molar-refractivity contribution in [1.29, 1.82) is 0 Å². The van der Waals surface area contributed by atoms with Crippen molar-refractivity contribution >= 4 is 29.1 Å². The van der Waals surface area contributed by atoms with E-state index in [1.54, 1.807) is 12.1 Å². The molecular formula is C15H19Cl2NO. The maximum absolute atomic E-state index is 11.8. The standard InChI is InChI=1S/C15H19Cl2NO/c16-13-7-5-12(9-14(13)17)10-18-15(19)8-6-11-3-1-2-4-11/h5,7,9,11H,1-4,6,8,10H2,(H,18,19). The molecular weight excluding hydrogens is 281 g/mol. The Balaban J connectivity index is 1.71. The first-order valence-electron chi connectivity index (χ1n) is 6.86. The second kappa shape index (κ2) is 7.16. The third-order valence-electron chi connectivity index (χ3n) is 3.73. The van der Waals surface area contributed by atoms with E-state index in [0.717, 1.165) is 17.9 Å². The Hall–Kier alpha value is -0.730. The highest BCUT2D eigenvalue weighted by Gasteiger charge is 2.15. The van der Waals surface area contributed by atoms with Gasteiger partial charge < -0.3 is 5.32 Å². The number of nitrogens with one attached hydrogen (secondary N) is 1. The van der Waals surface area contributed by atoms with E-state index < -0.39 is 0 Å². The Morgan fingerprint density at radius 1 is 1.21 bits per heavy atom. The van der Waals surface area contributed by atoms with Crippen LogP contribution in [0.3, 0.4) is 0 Å². The second-order valence-corrected chi connectivity index (χ2v) is 6.03. The van der Waals surface area contributed by atoms with Crippen LogP contribution >= 0.6 is 23.2 Å². The Bertz CT molecular complexity index is 442. The molecule has 1 aliphatic rings. The number of hydrogen-bond donors (Lipinski definition) is 1. The average Bonchev–Trinajstić information content (AvgIpc) is 2.91. The molecule has 0 bridgehead atoms. The summed E-state index contributed by atoms with van der Waals surface area (Å²) in [5.74, 6) is 0.883. The van der Waals surface area contributed by atoms with Gasteiger partial charge in [-0.05, 0) is 30.0 Å². The van der Waals surface area contributed by atoms with Gasteiger partial charge in [0.05, 0.1) is 10.0 Å². The van der Waals surface area contributed by atoms with Crippen molar-refractivity contribution in [3.63, 3.8) is 0 Å². The molecule has 2 nitrogen and oxygen atoms in total. The third-order valence-corrected chi connectivity index (χ3v) is 4.47. The fourth-order valence-corrected chi connectivity index (χ4v) is 2.89. The molecule has 4 heteroatoms. The van der Waals surface area contributed by atoms with E-state index in [9.17, 15) is 4.79 Å². The molecule has 0 spiro atoms. The van der Waals surface area contributed by atoms with E-state index in [1.807, 2.05) is 6.07 Å². The summed E-state index contributed by atoms with van der Waals surface area (Å²) in [7, 11) is 0. The topological polar surface area (TPSA) is 29.1 Å². The van der Waals surface area contributed by atoms with Gasteiger partial charge in [-0.15, -0.1) is 0 Å². The van der Waals surface area contributed by atoms with E-state index in [0.29, 0.717) is 23.0 Å².